The fourth-order valence-electron chi connectivity index (χ4n) is 2.11. The van der Waals surface area contributed by atoms with Crippen LogP contribution in [0.25, 0.3) is 0 Å². The van der Waals surface area contributed by atoms with Crippen molar-refractivity contribution in [2.24, 2.45) is 12.5 Å². The lowest BCUT2D eigenvalue weighted by molar-refractivity contribution is 0.0940. The molecule has 1 amide bonds. The lowest BCUT2D eigenvalue weighted by atomic mass is 10.0. The number of aryl methyl sites for hydroxylation is 2. The normalized spacial score (nSPS) is 16.9. The predicted octanol–water partition coefficient (Wildman–Crippen LogP) is 0.621. The summed E-state index contributed by atoms with van der Waals surface area (Å²) in [5.74, 6) is -0.0696. The number of nitrogens with one attached hydrogen (secondary N) is 1. The molecule has 1 aromatic rings. The summed E-state index contributed by atoms with van der Waals surface area (Å²) in [4.78, 5) is 11.9. The van der Waals surface area contributed by atoms with E-state index in [0.29, 0.717) is 12.1 Å². The Balaban J connectivity index is 1.92. The van der Waals surface area contributed by atoms with Crippen molar-refractivity contribution < 1.29 is 9.90 Å². The molecule has 1 saturated carbocycles. The predicted molar refractivity (Wildman–Crippen MR) is 63.6 cm³/mol. The number of carbonyl (C=O) groups excluding carboxylic acids is 1. The van der Waals surface area contributed by atoms with Crippen molar-refractivity contribution in [1.82, 2.24) is 15.1 Å². The monoisotopic (exact) mass is 237 g/mol. The van der Waals surface area contributed by atoms with E-state index in [9.17, 15) is 4.79 Å². The summed E-state index contributed by atoms with van der Waals surface area (Å²) >= 11 is 0. The van der Waals surface area contributed by atoms with Crippen LogP contribution in [0.3, 0.4) is 0 Å². The second-order valence-electron chi connectivity index (χ2n) is 4.96. The van der Waals surface area contributed by atoms with Crippen LogP contribution < -0.4 is 5.32 Å². The Bertz CT molecular complexity index is 421. The molecule has 0 aliphatic heterocycles. The Kier molecular flexibility index (Phi) is 3.19. The third-order valence-electron chi connectivity index (χ3n) is 3.48. The molecule has 5 heteroatoms. The zero-order chi connectivity index (χ0) is 12.5. The van der Waals surface area contributed by atoms with Crippen LogP contribution in [0, 0.1) is 12.3 Å². The standard InChI is InChI=1S/C12H19N3O2/c1-9-10(7-15(2)14-9)11(17)13-8-12(3-4-12)5-6-16/h7,16H,3-6,8H2,1-2H3,(H,13,17). The van der Waals surface area contributed by atoms with E-state index in [-0.39, 0.29) is 17.9 Å². The molecule has 94 valence electrons. The van der Waals surface area contributed by atoms with E-state index < -0.39 is 0 Å². The first-order valence-corrected chi connectivity index (χ1v) is 5.96. The number of hydrogen-bond acceptors (Lipinski definition) is 3. The van der Waals surface area contributed by atoms with Crippen LogP contribution in [0.2, 0.25) is 0 Å². The van der Waals surface area contributed by atoms with Gasteiger partial charge in [0, 0.05) is 26.4 Å². The molecule has 1 heterocycles. The van der Waals surface area contributed by atoms with Crippen molar-refractivity contribution in [1.29, 1.82) is 0 Å². The van der Waals surface area contributed by atoms with E-state index in [1.54, 1.807) is 17.9 Å². The molecule has 2 rings (SSSR count). The van der Waals surface area contributed by atoms with Gasteiger partial charge in [-0.05, 0) is 31.6 Å². The summed E-state index contributed by atoms with van der Waals surface area (Å²) in [6.07, 6.45) is 4.70. The fourth-order valence-corrected chi connectivity index (χ4v) is 2.11. The van der Waals surface area contributed by atoms with Crippen LogP contribution in [0.4, 0.5) is 0 Å². The van der Waals surface area contributed by atoms with E-state index in [1.165, 1.54) is 0 Å². The summed E-state index contributed by atoms with van der Waals surface area (Å²) in [7, 11) is 1.80. The third-order valence-corrected chi connectivity index (χ3v) is 3.48. The lowest BCUT2D eigenvalue weighted by Crippen LogP contribution is -2.30. The quantitative estimate of drug-likeness (QED) is 0.789. The van der Waals surface area contributed by atoms with Crippen molar-refractivity contribution in [2.45, 2.75) is 26.2 Å². The second kappa shape index (κ2) is 4.49. The maximum Gasteiger partial charge on any atom is 0.254 e. The number of rotatable bonds is 5. The number of aliphatic hydroxyl groups is 1. The minimum Gasteiger partial charge on any atom is -0.396 e. The third kappa shape index (κ3) is 2.66. The van der Waals surface area contributed by atoms with Crippen molar-refractivity contribution in [3.8, 4) is 0 Å². The van der Waals surface area contributed by atoms with E-state index in [4.69, 9.17) is 5.11 Å². The molecule has 0 atom stereocenters. The Morgan fingerprint density at radius 3 is 2.82 bits per heavy atom. The second-order valence-corrected chi connectivity index (χ2v) is 4.96. The first kappa shape index (κ1) is 12.1. The Hall–Kier alpha value is -1.36. The Morgan fingerprint density at radius 1 is 1.65 bits per heavy atom. The maximum absolute atomic E-state index is 11.9. The van der Waals surface area contributed by atoms with Gasteiger partial charge in [0.05, 0.1) is 11.3 Å². The van der Waals surface area contributed by atoms with Gasteiger partial charge in [-0.3, -0.25) is 9.48 Å². The molecule has 2 N–H and O–H groups in total. The highest BCUT2D eigenvalue weighted by Crippen LogP contribution is 2.47. The molecule has 0 bridgehead atoms. The largest absolute Gasteiger partial charge is 0.396 e. The van der Waals surface area contributed by atoms with E-state index >= 15 is 0 Å². The number of hydrogen-bond donors (Lipinski definition) is 2. The van der Waals surface area contributed by atoms with E-state index in [1.807, 2.05) is 6.92 Å². The van der Waals surface area contributed by atoms with Gasteiger partial charge in [0.25, 0.3) is 5.91 Å². The highest BCUT2D eigenvalue weighted by Gasteiger charge is 2.41. The average molecular weight is 237 g/mol. The summed E-state index contributed by atoms with van der Waals surface area (Å²) in [6, 6.07) is 0. The molecule has 17 heavy (non-hydrogen) atoms. The topological polar surface area (TPSA) is 67.2 Å². The summed E-state index contributed by atoms with van der Waals surface area (Å²) in [6.45, 7) is 2.68. The fraction of sp³-hybridized carbons (Fsp3) is 0.667. The van der Waals surface area contributed by atoms with Gasteiger partial charge in [-0.1, -0.05) is 0 Å². The van der Waals surface area contributed by atoms with Gasteiger partial charge >= 0.3 is 0 Å². The number of aromatic nitrogens is 2. The van der Waals surface area contributed by atoms with Crippen LogP contribution in [0.15, 0.2) is 6.20 Å². The number of nitrogens with zero attached hydrogens (tertiary/aromatic N) is 2. The zero-order valence-electron chi connectivity index (χ0n) is 10.4. The number of aliphatic hydroxyl groups excluding tert-OH is 1. The molecule has 1 aromatic heterocycles. The summed E-state index contributed by atoms with van der Waals surface area (Å²) in [5.41, 5.74) is 1.53. The zero-order valence-corrected chi connectivity index (χ0v) is 10.4. The van der Waals surface area contributed by atoms with Gasteiger partial charge in [0.2, 0.25) is 0 Å². The molecule has 5 nitrogen and oxygen atoms in total. The SMILES string of the molecule is Cc1nn(C)cc1C(=O)NCC1(CCO)CC1. The van der Waals surface area contributed by atoms with Crippen LogP contribution in [-0.2, 0) is 7.05 Å². The Morgan fingerprint density at radius 2 is 2.35 bits per heavy atom. The van der Waals surface area contributed by atoms with Gasteiger partial charge in [0.1, 0.15) is 0 Å². The molecule has 0 aromatic carbocycles. The van der Waals surface area contributed by atoms with Gasteiger partial charge in [-0.25, -0.2) is 0 Å². The summed E-state index contributed by atoms with van der Waals surface area (Å²) in [5, 5.41) is 16.0. The van der Waals surface area contributed by atoms with Crippen molar-refractivity contribution in [3.05, 3.63) is 17.5 Å². The highest BCUT2D eigenvalue weighted by atomic mass is 16.3. The molecule has 0 radical (unpaired) electrons. The Labute approximate surface area is 101 Å². The van der Waals surface area contributed by atoms with Crippen molar-refractivity contribution in [2.75, 3.05) is 13.2 Å². The summed E-state index contributed by atoms with van der Waals surface area (Å²) < 4.78 is 1.64. The highest BCUT2D eigenvalue weighted by molar-refractivity contribution is 5.95. The first-order valence-electron chi connectivity index (χ1n) is 5.96. The molecular formula is C12H19N3O2. The molecule has 0 unspecified atom stereocenters. The number of carbonyl (C=O) groups is 1. The minimum absolute atomic E-state index is 0.0696. The van der Waals surface area contributed by atoms with Gasteiger partial charge in [-0.2, -0.15) is 5.10 Å². The van der Waals surface area contributed by atoms with Gasteiger partial charge in [-0.15, -0.1) is 0 Å². The van der Waals surface area contributed by atoms with Crippen molar-refractivity contribution in [3.63, 3.8) is 0 Å². The molecule has 1 aliphatic carbocycles. The minimum atomic E-state index is -0.0696. The molecule has 1 fully saturated rings. The van der Waals surface area contributed by atoms with Gasteiger partial charge < -0.3 is 10.4 Å². The van der Waals surface area contributed by atoms with Crippen LogP contribution in [-0.4, -0.2) is 33.9 Å². The molecular weight excluding hydrogens is 218 g/mol. The van der Waals surface area contributed by atoms with Crippen molar-refractivity contribution >= 4 is 5.91 Å². The van der Waals surface area contributed by atoms with Gasteiger partial charge in [0.15, 0.2) is 0 Å². The number of amides is 1. The van der Waals surface area contributed by atoms with Crippen LogP contribution in [0.5, 0.6) is 0 Å². The first-order chi connectivity index (χ1) is 8.06. The van der Waals surface area contributed by atoms with Crippen LogP contribution >= 0.6 is 0 Å². The van der Waals surface area contributed by atoms with E-state index in [0.717, 1.165) is 25.0 Å². The lowest BCUT2D eigenvalue weighted by Gasteiger charge is -2.14. The molecule has 1 aliphatic rings. The smallest absolute Gasteiger partial charge is 0.254 e. The van der Waals surface area contributed by atoms with Crippen LogP contribution in [0.1, 0.15) is 35.3 Å². The average Bonchev–Trinajstić information content (AvgIpc) is 2.95. The maximum atomic E-state index is 11.9. The molecule has 0 spiro atoms. The van der Waals surface area contributed by atoms with E-state index in [2.05, 4.69) is 10.4 Å². The molecule has 0 saturated heterocycles.